The number of nitrogens with two attached hydrogens (primary N) is 1. The summed E-state index contributed by atoms with van der Waals surface area (Å²) in [6.07, 6.45) is 0. The van der Waals surface area contributed by atoms with E-state index in [1.165, 1.54) is 25.3 Å². The monoisotopic (exact) mass is 267 g/mol. The highest BCUT2D eigenvalue weighted by Gasteiger charge is 2.22. The van der Waals surface area contributed by atoms with Gasteiger partial charge in [-0.05, 0) is 26.0 Å². The molecule has 0 bridgehead atoms. The molecule has 104 valence electrons. The summed E-state index contributed by atoms with van der Waals surface area (Å²) in [5, 5.41) is 13.6. The van der Waals surface area contributed by atoms with Gasteiger partial charge in [-0.3, -0.25) is 14.9 Å². The molecule has 0 aromatic heterocycles. The van der Waals surface area contributed by atoms with Crippen LogP contribution in [0.4, 0.5) is 5.69 Å². The second kappa shape index (κ2) is 5.66. The highest BCUT2D eigenvalue weighted by atomic mass is 16.6. The van der Waals surface area contributed by atoms with Crippen LogP contribution in [0.3, 0.4) is 0 Å². The van der Waals surface area contributed by atoms with Gasteiger partial charge in [0.25, 0.3) is 5.91 Å². The zero-order valence-electron chi connectivity index (χ0n) is 11.1. The van der Waals surface area contributed by atoms with Crippen molar-refractivity contribution in [1.82, 2.24) is 5.32 Å². The number of nitrogens with zero attached hydrogens (tertiary/aromatic N) is 1. The largest absolute Gasteiger partial charge is 0.490 e. The summed E-state index contributed by atoms with van der Waals surface area (Å²) in [7, 11) is 1.33. The molecule has 1 aromatic carbocycles. The first-order valence-corrected chi connectivity index (χ1v) is 5.66. The molecule has 0 saturated heterocycles. The number of nitro benzene ring substituents is 1. The standard InChI is InChI=1S/C12H17N3O4/c1-12(2,7-13)14-11(16)8-4-5-10(19-3)9(6-8)15(17)18/h4-6H,7,13H2,1-3H3,(H,14,16). The van der Waals surface area contributed by atoms with Gasteiger partial charge in [0, 0.05) is 23.7 Å². The lowest BCUT2D eigenvalue weighted by atomic mass is 10.0. The maximum absolute atomic E-state index is 12.0. The Balaban J connectivity index is 3.06. The minimum Gasteiger partial charge on any atom is -0.490 e. The number of amides is 1. The van der Waals surface area contributed by atoms with Crippen LogP contribution < -0.4 is 15.8 Å². The van der Waals surface area contributed by atoms with Crippen LogP contribution in [0.1, 0.15) is 24.2 Å². The summed E-state index contributed by atoms with van der Waals surface area (Å²) in [4.78, 5) is 22.2. The number of carbonyl (C=O) groups excluding carboxylic acids is 1. The van der Waals surface area contributed by atoms with Crippen LogP contribution in [0.5, 0.6) is 5.75 Å². The fourth-order valence-corrected chi connectivity index (χ4v) is 1.40. The summed E-state index contributed by atoms with van der Waals surface area (Å²) in [6, 6.07) is 4.04. The van der Waals surface area contributed by atoms with E-state index in [1.807, 2.05) is 0 Å². The maximum Gasteiger partial charge on any atom is 0.311 e. The van der Waals surface area contributed by atoms with Crippen LogP contribution in [0.2, 0.25) is 0 Å². The number of nitro groups is 1. The summed E-state index contributed by atoms with van der Waals surface area (Å²) in [5.74, 6) is -0.305. The van der Waals surface area contributed by atoms with E-state index in [2.05, 4.69) is 5.32 Å². The van der Waals surface area contributed by atoms with Gasteiger partial charge in [0.15, 0.2) is 5.75 Å². The molecule has 0 heterocycles. The van der Waals surface area contributed by atoms with Gasteiger partial charge < -0.3 is 15.8 Å². The highest BCUT2D eigenvalue weighted by Crippen LogP contribution is 2.27. The lowest BCUT2D eigenvalue weighted by Gasteiger charge is -2.24. The summed E-state index contributed by atoms with van der Waals surface area (Å²) in [5.41, 5.74) is 4.88. The summed E-state index contributed by atoms with van der Waals surface area (Å²) >= 11 is 0. The molecule has 0 atom stereocenters. The fourth-order valence-electron chi connectivity index (χ4n) is 1.40. The first kappa shape index (κ1) is 14.9. The first-order chi connectivity index (χ1) is 8.80. The van der Waals surface area contributed by atoms with Gasteiger partial charge in [0.1, 0.15) is 0 Å². The molecule has 0 aliphatic heterocycles. The number of ether oxygens (including phenoxy) is 1. The summed E-state index contributed by atoms with van der Waals surface area (Å²) in [6.45, 7) is 3.79. The molecule has 0 fully saturated rings. The van der Waals surface area contributed by atoms with Gasteiger partial charge in [0.05, 0.1) is 12.0 Å². The number of methoxy groups -OCH3 is 1. The van der Waals surface area contributed by atoms with E-state index in [0.29, 0.717) is 0 Å². The molecule has 19 heavy (non-hydrogen) atoms. The molecular formula is C12H17N3O4. The van der Waals surface area contributed by atoms with Crippen LogP contribution >= 0.6 is 0 Å². The summed E-state index contributed by atoms with van der Waals surface area (Å²) < 4.78 is 4.87. The molecule has 0 radical (unpaired) electrons. The van der Waals surface area contributed by atoms with Crippen molar-refractivity contribution < 1.29 is 14.5 Å². The Labute approximate surface area is 110 Å². The maximum atomic E-state index is 12.0. The second-order valence-corrected chi connectivity index (χ2v) is 4.69. The van der Waals surface area contributed by atoms with Crippen molar-refractivity contribution in [3.05, 3.63) is 33.9 Å². The van der Waals surface area contributed by atoms with Crippen molar-refractivity contribution in [3.63, 3.8) is 0 Å². The van der Waals surface area contributed by atoms with E-state index in [0.717, 1.165) is 0 Å². The van der Waals surface area contributed by atoms with Crippen molar-refractivity contribution in [2.24, 2.45) is 5.73 Å². The van der Waals surface area contributed by atoms with Gasteiger partial charge >= 0.3 is 5.69 Å². The lowest BCUT2D eigenvalue weighted by molar-refractivity contribution is -0.385. The Morgan fingerprint density at radius 2 is 2.16 bits per heavy atom. The average Bonchev–Trinajstić information content (AvgIpc) is 2.37. The molecule has 0 unspecified atom stereocenters. The number of hydrogen-bond donors (Lipinski definition) is 2. The van der Waals surface area contributed by atoms with Crippen LogP contribution in [-0.2, 0) is 0 Å². The molecule has 1 rings (SSSR count). The quantitative estimate of drug-likeness (QED) is 0.613. The minimum atomic E-state index is -0.594. The molecule has 0 aliphatic rings. The Hall–Kier alpha value is -2.15. The van der Waals surface area contributed by atoms with Crippen molar-refractivity contribution in [1.29, 1.82) is 0 Å². The van der Waals surface area contributed by atoms with Crippen LogP contribution in [0.25, 0.3) is 0 Å². The van der Waals surface area contributed by atoms with E-state index in [-0.39, 0.29) is 23.5 Å². The Kier molecular flexibility index (Phi) is 4.44. The van der Waals surface area contributed by atoms with E-state index in [1.54, 1.807) is 13.8 Å². The number of hydrogen-bond acceptors (Lipinski definition) is 5. The third-order valence-corrected chi connectivity index (χ3v) is 2.60. The van der Waals surface area contributed by atoms with E-state index >= 15 is 0 Å². The topological polar surface area (TPSA) is 107 Å². The Morgan fingerprint density at radius 1 is 1.53 bits per heavy atom. The molecule has 1 amide bonds. The third kappa shape index (κ3) is 3.65. The van der Waals surface area contributed by atoms with Gasteiger partial charge in [-0.1, -0.05) is 0 Å². The fraction of sp³-hybridized carbons (Fsp3) is 0.417. The molecule has 1 aromatic rings. The third-order valence-electron chi connectivity index (χ3n) is 2.60. The second-order valence-electron chi connectivity index (χ2n) is 4.69. The Bertz CT molecular complexity index is 500. The van der Waals surface area contributed by atoms with Crippen LogP contribution in [0.15, 0.2) is 18.2 Å². The average molecular weight is 267 g/mol. The zero-order valence-corrected chi connectivity index (χ0v) is 11.1. The number of carbonyl (C=O) groups is 1. The Morgan fingerprint density at radius 3 is 2.63 bits per heavy atom. The molecule has 7 nitrogen and oxygen atoms in total. The van der Waals surface area contributed by atoms with Gasteiger partial charge in [0.2, 0.25) is 0 Å². The number of nitrogens with one attached hydrogen (secondary N) is 1. The number of benzene rings is 1. The van der Waals surface area contributed by atoms with E-state index in [9.17, 15) is 14.9 Å². The van der Waals surface area contributed by atoms with Gasteiger partial charge in [-0.25, -0.2) is 0 Å². The SMILES string of the molecule is COc1ccc(C(=O)NC(C)(C)CN)cc1[N+](=O)[O-]. The molecule has 0 spiro atoms. The molecule has 7 heteroatoms. The van der Waals surface area contributed by atoms with E-state index in [4.69, 9.17) is 10.5 Å². The normalized spacial score (nSPS) is 10.9. The van der Waals surface area contributed by atoms with Crippen molar-refractivity contribution >= 4 is 11.6 Å². The van der Waals surface area contributed by atoms with Gasteiger partial charge in [-0.15, -0.1) is 0 Å². The van der Waals surface area contributed by atoms with Crippen molar-refractivity contribution in [2.75, 3.05) is 13.7 Å². The molecule has 0 saturated carbocycles. The highest BCUT2D eigenvalue weighted by molar-refractivity contribution is 5.95. The predicted molar refractivity (Wildman–Crippen MR) is 70.2 cm³/mol. The minimum absolute atomic E-state index is 0.111. The molecule has 0 aliphatic carbocycles. The van der Waals surface area contributed by atoms with Crippen LogP contribution in [-0.4, -0.2) is 30.0 Å². The van der Waals surface area contributed by atoms with E-state index < -0.39 is 16.4 Å². The zero-order chi connectivity index (χ0) is 14.6. The first-order valence-electron chi connectivity index (χ1n) is 5.66. The van der Waals surface area contributed by atoms with Crippen molar-refractivity contribution in [3.8, 4) is 5.75 Å². The van der Waals surface area contributed by atoms with Crippen LogP contribution in [0, 0.1) is 10.1 Å². The number of rotatable bonds is 5. The lowest BCUT2D eigenvalue weighted by Crippen LogP contribution is -2.48. The van der Waals surface area contributed by atoms with Gasteiger partial charge in [-0.2, -0.15) is 0 Å². The molecular weight excluding hydrogens is 250 g/mol. The smallest absolute Gasteiger partial charge is 0.311 e. The molecule has 3 N–H and O–H groups in total. The predicted octanol–water partition coefficient (Wildman–Crippen LogP) is 1.07. The van der Waals surface area contributed by atoms with Crippen molar-refractivity contribution in [2.45, 2.75) is 19.4 Å².